The average molecular weight is 339 g/mol. The molecule has 94 valence electrons. The quantitative estimate of drug-likeness (QED) is 0.649. The van der Waals surface area contributed by atoms with Gasteiger partial charge in [0.15, 0.2) is 0 Å². The predicted octanol–water partition coefficient (Wildman–Crippen LogP) is -0.661. The number of fused-ring (bicyclic) bond motifs is 8. The molecule has 0 fully saturated rings. The summed E-state index contributed by atoms with van der Waals surface area (Å²) in [6.45, 7) is 0. The van der Waals surface area contributed by atoms with Gasteiger partial charge in [0.1, 0.15) is 12.2 Å². The van der Waals surface area contributed by atoms with Crippen LogP contribution in [0.2, 0.25) is 0 Å². The third-order valence-corrected chi connectivity index (χ3v) is 4.27. The number of carbonyl (C=O) groups excluding carboxylic acids is 1. The van der Waals surface area contributed by atoms with E-state index in [1.165, 1.54) is 0 Å². The fraction of sp³-hybridized carbons (Fsp3) is 0.133. The van der Waals surface area contributed by atoms with Gasteiger partial charge in [-0.2, -0.15) is 0 Å². The first-order chi connectivity index (χ1) is 9.15. The zero-order valence-electron chi connectivity index (χ0n) is 10.7. The van der Waals surface area contributed by atoms with Gasteiger partial charge in [0.05, 0.1) is 5.97 Å². The second-order valence-electron chi connectivity index (χ2n) is 4.80. The summed E-state index contributed by atoms with van der Waals surface area (Å²) in [6.07, 6.45) is -0.231. The summed E-state index contributed by atoms with van der Waals surface area (Å²) in [4.78, 5) is 10.9. The van der Waals surface area contributed by atoms with Crippen molar-refractivity contribution in [2.45, 2.75) is 12.2 Å². The number of carbonyl (C=O) groups is 1. The van der Waals surface area contributed by atoms with E-state index >= 15 is 0 Å². The van der Waals surface area contributed by atoms with Crippen LogP contribution in [0.25, 0.3) is 0 Å². The zero-order chi connectivity index (χ0) is 13.1. The van der Waals surface area contributed by atoms with Gasteiger partial charge in [-0.05, 0) is 46.0 Å². The predicted molar refractivity (Wildman–Crippen MR) is 69.7 cm³/mol. The Balaban J connectivity index is 0.00000121. The molecule has 2 aliphatic heterocycles. The van der Waals surface area contributed by atoms with Crippen molar-refractivity contribution in [3.05, 3.63) is 68.7 Å². The molecule has 0 radical (unpaired) electrons. The monoisotopic (exact) mass is 338 g/mol. The first-order valence-corrected chi connectivity index (χ1v) is 6.74. The fourth-order valence-electron chi connectivity index (χ4n) is 2.94. The van der Waals surface area contributed by atoms with Crippen LogP contribution in [0.15, 0.2) is 40.9 Å². The Bertz CT molecular complexity index is 729. The third-order valence-electron chi connectivity index (χ3n) is 3.77. The van der Waals surface area contributed by atoms with Crippen molar-refractivity contribution < 1.29 is 44.2 Å². The minimum atomic E-state index is -1.15. The van der Waals surface area contributed by atoms with Crippen molar-refractivity contribution in [3.63, 3.8) is 0 Å². The van der Waals surface area contributed by atoms with Gasteiger partial charge < -0.3 is 14.6 Å². The maximum absolute atomic E-state index is 10.9. The van der Waals surface area contributed by atoms with Crippen LogP contribution in [0.1, 0.15) is 44.8 Å². The number of carboxylic acid groups (broad SMARTS) is 1. The Morgan fingerprint density at radius 1 is 1.00 bits per heavy atom. The fourth-order valence-corrected chi connectivity index (χ4v) is 3.32. The molecular weight excluding hydrogens is 331 g/mol. The average Bonchev–Trinajstić information content (AvgIpc) is 2.94. The molecule has 0 aromatic heterocycles. The van der Waals surface area contributed by atoms with Crippen LogP contribution < -0.4 is 34.7 Å². The summed E-state index contributed by atoms with van der Waals surface area (Å²) in [5, 5.41) is 10.9. The van der Waals surface area contributed by atoms with E-state index in [4.69, 9.17) is 4.74 Å². The van der Waals surface area contributed by atoms with Crippen LogP contribution in [0, 0.1) is 0 Å². The second kappa shape index (κ2) is 4.97. The molecule has 20 heavy (non-hydrogen) atoms. The van der Waals surface area contributed by atoms with E-state index in [1.807, 2.05) is 18.2 Å². The number of ether oxygens (including phenoxy) is 1. The summed E-state index contributed by atoms with van der Waals surface area (Å²) in [7, 11) is 0. The molecule has 2 heterocycles. The van der Waals surface area contributed by atoms with Crippen LogP contribution in [-0.4, -0.2) is 5.97 Å². The van der Waals surface area contributed by atoms with E-state index in [2.05, 4.69) is 22.0 Å². The van der Waals surface area contributed by atoms with E-state index in [0.717, 1.165) is 26.7 Å². The standard InChI is InChI=1S/C15H9BrO3.Na/c16-8-2-4-10-12(6-8)14-9-3-1-7(15(17)18)5-11(9)13(10)19-14;/h1-6,13-14H,(H,17,18);/q;+1/p-1. The maximum Gasteiger partial charge on any atom is 1.00 e. The van der Waals surface area contributed by atoms with Crippen LogP contribution in [0.3, 0.4) is 0 Å². The second-order valence-corrected chi connectivity index (χ2v) is 5.72. The van der Waals surface area contributed by atoms with Gasteiger partial charge in [0.25, 0.3) is 0 Å². The molecule has 2 aromatic carbocycles. The van der Waals surface area contributed by atoms with E-state index in [1.54, 1.807) is 12.1 Å². The van der Waals surface area contributed by atoms with Crippen molar-refractivity contribution in [1.29, 1.82) is 0 Å². The minimum absolute atomic E-state index is 0. The molecule has 2 unspecified atom stereocenters. The molecule has 2 bridgehead atoms. The minimum Gasteiger partial charge on any atom is -0.545 e. The summed E-state index contributed by atoms with van der Waals surface area (Å²) >= 11 is 3.47. The number of aromatic carboxylic acids is 1. The van der Waals surface area contributed by atoms with Crippen LogP contribution in [0.5, 0.6) is 0 Å². The van der Waals surface area contributed by atoms with Gasteiger partial charge in [0.2, 0.25) is 0 Å². The van der Waals surface area contributed by atoms with Crippen LogP contribution >= 0.6 is 15.9 Å². The summed E-state index contributed by atoms with van der Waals surface area (Å²) < 4.78 is 6.99. The normalized spacial score (nSPS) is 21.1. The molecule has 0 saturated carbocycles. The number of rotatable bonds is 1. The van der Waals surface area contributed by atoms with Crippen molar-refractivity contribution in [1.82, 2.24) is 0 Å². The topological polar surface area (TPSA) is 49.4 Å². The third kappa shape index (κ3) is 1.90. The Morgan fingerprint density at radius 2 is 1.60 bits per heavy atom. The van der Waals surface area contributed by atoms with E-state index in [-0.39, 0.29) is 47.3 Å². The maximum atomic E-state index is 10.9. The Labute approximate surface area is 146 Å². The SMILES string of the molecule is O=C([O-])c1ccc2c(c1)C1OC2c2cc(Br)ccc21.[Na+]. The molecule has 3 nitrogen and oxygen atoms in total. The van der Waals surface area contributed by atoms with E-state index in [9.17, 15) is 9.90 Å². The Morgan fingerprint density at radius 3 is 2.25 bits per heavy atom. The first-order valence-electron chi connectivity index (χ1n) is 5.95. The molecule has 0 amide bonds. The molecule has 2 atom stereocenters. The van der Waals surface area contributed by atoms with Gasteiger partial charge in [-0.1, -0.05) is 34.1 Å². The number of hydrogen-bond donors (Lipinski definition) is 0. The van der Waals surface area contributed by atoms with Gasteiger partial charge in [0, 0.05) is 4.47 Å². The molecule has 2 aliphatic rings. The smallest absolute Gasteiger partial charge is 0.545 e. The van der Waals surface area contributed by atoms with Crippen molar-refractivity contribution in [3.8, 4) is 0 Å². The number of halogens is 1. The van der Waals surface area contributed by atoms with Crippen molar-refractivity contribution in [2.75, 3.05) is 0 Å². The van der Waals surface area contributed by atoms with Crippen LogP contribution in [-0.2, 0) is 4.74 Å². The summed E-state index contributed by atoms with van der Waals surface area (Å²) in [5.41, 5.74) is 4.49. The van der Waals surface area contributed by atoms with Gasteiger partial charge in [-0.3, -0.25) is 0 Å². The van der Waals surface area contributed by atoms with Crippen molar-refractivity contribution >= 4 is 21.9 Å². The first kappa shape index (κ1) is 14.3. The zero-order valence-corrected chi connectivity index (χ0v) is 14.3. The molecule has 0 N–H and O–H groups in total. The molecule has 5 heteroatoms. The summed E-state index contributed by atoms with van der Waals surface area (Å²) in [5.74, 6) is -1.15. The molecule has 0 aliphatic carbocycles. The van der Waals surface area contributed by atoms with Gasteiger partial charge in [-0.25, -0.2) is 0 Å². The van der Waals surface area contributed by atoms with Gasteiger partial charge in [-0.15, -0.1) is 0 Å². The Hall–Kier alpha value is -0.650. The molecule has 0 saturated heterocycles. The van der Waals surface area contributed by atoms with E-state index < -0.39 is 5.97 Å². The molecular formula is C15H8BrNaO3. The molecule has 4 rings (SSSR count). The van der Waals surface area contributed by atoms with Crippen molar-refractivity contribution in [2.24, 2.45) is 0 Å². The number of benzene rings is 2. The van der Waals surface area contributed by atoms with E-state index in [0.29, 0.717) is 0 Å². The summed E-state index contributed by atoms with van der Waals surface area (Å²) in [6, 6.07) is 11.1. The molecule has 0 spiro atoms. The molecule has 2 aromatic rings. The Kier molecular flexibility index (Phi) is 3.55. The van der Waals surface area contributed by atoms with Gasteiger partial charge >= 0.3 is 29.6 Å². The number of carboxylic acids is 1. The largest absolute Gasteiger partial charge is 1.00 e. The number of hydrogen-bond acceptors (Lipinski definition) is 3. The van der Waals surface area contributed by atoms with Crippen LogP contribution in [0.4, 0.5) is 0 Å².